The molecule has 1 amide bonds. The van der Waals surface area contributed by atoms with Gasteiger partial charge in [0.05, 0.1) is 14.2 Å². The molecule has 9 nitrogen and oxygen atoms in total. The van der Waals surface area contributed by atoms with Crippen molar-refractivity contribution in [2.24, 2.45) is 0 Å². The second-order valence-electron chi connectivity index (χ2n) is 6.90. The molecule has 0 saturated heterocycles. The van der Waals surface area contributed by atoms with E-state index in [1.54, 1.807) is 18.2 Å². The van der Waals surface area contributed by atoms with Gasteiger partial charge in [0.2, 0.25) is 5.91 Å². The molecule has 2 aromatic carbocycles. The Morgan fingerprint density at radius 2 is 1.88 bits per heavy atom. The molecule has 0 spiro atoms. The molecule has 0 aliphatic carbocycles. The number of fused-ring (bicyclic) bond motifs is 1. The van der Waals surface area contributed by atoms with Gasteiger partial charge in [0.25, 0.3) is 0 Å². The minimum absolute atomic E-state index is 0.254. The van der Waals surface area contributed by atoms with Gasteiger partial charge in [0, 0.05) is 34.9 Å². The van der Waals surface area contributed by atoms with Crippen LogP contribution in [0.4, 0.5) is 5.69 Å². The highest BCUT2D eigenvalue weighted by Crippen LogP contribution is 2.29. The molecule has 170 valence electrons. The van der Waals surface area contributed by atoms with Crippen LogP contribution in [0.2, 0.25) is 5.02 Å². The molecule has 0 aliphatic heterocycles. The third-order valence-electron chi connectivity index (χ3n) is 4.72. The lowest BCUT2D eigenvalue weighted by molar-refractivity contribution is -0.117. The largest absolute Gasteiger partial charge is 0.493 e. The van der Waals surface area contributed by atoms with Crippen LogP contribution in [-0.2, 0) is 17.1 Å². The molecule has 4 rings (SSSR count). The molecular formula is C22H20ClN5O4S. The lowest BCUT2D eigenvalue weighted by atomic mass is 10.2. The number of ether oxygens (including phenoxy) is 2. The summed E-state index contributed by atoms with van der Waals surface area (Å²) >= 11 is 7.38. The number of carbonyl (C=O) groups excluding carboxylic acids is 1. The Hall–Kier alpha value is -3.50. The van der Waals surface area contributed by atoms with Crippen LogP contribution in [0.25, 0.3) is 5.65 Å². The van der Waals surface area contributed by atoms with Crippen molar-refractivity contribution in [2.75, 3.05) is 19.5 Å². The fourth-order valence-corrected chi connectivity index (χ4v) is 4.14. The molecule has 0 atom stereocenters. The van der Waals surface area contributed by atoms with Gasteiger partial charge >= 0.3 is 5.69 Å². The molecule has 33 heavy (non-hydrogen) atoms. The van der Waals surface area contributed by atoms with E-state index in [4.69, 9.17) is 21.1 Å². The fraction of sp³-hybridized carbons (Fsp3) is 0.182. The number of aromatic nitrogens is 4. The van der Waals surface area contributed by atoms with Crippen molar-refractivity contribution in [2.45, 2.75) is 17.3 Å². The van der Waals surface area contributed by atoms with E-state index in [-0.39, 0.29) is 6.54 Å². The van der Waals surface area contributed by atoms with Crippen molar-refractivity contribution in [3.05, 3.63) is 75.9 Å². The SMILES string of the molecule is COc1ccc(NC(=O)Cn2nc3c(SCc4ccc(Cl)cc4)nccn3c2=O)cc1OC. The third kappa shape index (κ3) is 5.12. The van der Waals surface area contributed by atoms with Crippen LogP contribution in [0.1, 0.15) is 5.56 Å². The highest BCUT2D eigenvalue weighted by Gasteiger charge is 2.15. The maximum Gasteiger partial charge on any atom is 0.350 e. The maximum absolute atomic E-state index is 12.8. The van der Waals surface area contributed by atoms with Crippen LogP contribution in [0.15, 0.2) is 64.7 Å². The van der Waals surface area contributed by atoms with E-state index in [0.29, 0.717) is 38.6 Å². The van der Waals surface area contributed by atoms with Crippen LogP contribution >= 0.6 is 23.4 Å². The Labute approximate surface area is 198 Å². The smallest absolute Gasteiger partial charge is 0.350 e. The molecular weight excluding hydrogens is 466 g/mol. The summed E-state index contributed by atoms with van der Waals surface area (Å²) in [5, 5.41) is 8.33. The van der Waals surface area contributed by atoms with Crippen LogP contribution < -0.4 is 20.5 Å². The standard InChI is InChI=1S/C22H20ClN5O4S/c1-31-17-8-7-16(11-18(17)32-2)25-19(29)12-28-22(30)27-10-9-24-21(20(27)26-28)33-13-14-3-5-15(23)6-4-14/h3-11H,12-13H2,1-2H3,(H,25,29). The van der Waals surface area contributed by atoms with E-state index >= 15 is 0 Å². The molecule has 0 radical (unpaired) electrons. The van der Waals surface area contributed by atoms with Gasteiger partial charge in [-0.05, 0) is 29.8 Å². The lowest BCUT2D eigenvalue weighted by Gasteiger charge is -2.10. The number of amides is 1. The zero-order valence-corrected chi connectivity index (χ0v) is 19.4. The second-order valence-corrected chi connectivity index (χ2v) is 8.30. The van der Waals surface area contributed by atoms with Crippen molar-refractivity contribution in [3.63, 3.8) is 0 Å². The van der Waals surface area contributed by atoms with Crippen molar-refractivity contribution in [1.82, 2.24) is 19.2 Å². The third-order valence-corrected chi connectivity index (χ3v) is 6.01. The van der Waals surface area contributed by atoms with Gasteiger partial charge < -0.3 is 14.8 Å². The number of benzene rings is 2. The number of halogens is 1. The Morgan fingerprint density at radius 1 is 1.12 bits per heavy atom. The quantitative estimate of drug-likeness (QED) is 0.381. The predicted octanol–water partition coefficient (Wildman–Crippen LogP) is 3.49. The van der Waals surface area contributed by atoms with Gasteiger partial charge in [0.15, 0.2) is 17.1 Å². The van der Waals surface area contributed by atoms with E-state index < -0.39 is 11.6 Å². The monoisotopic (exact) mass is 485 g/mol. The Kier molecular flexibility index (Phi) is 6.85. The van der Waals surface area contributed by atoms with Crippen LogP contribution in [0, 0.1) is 0 Å². The molecule has 2 aromatic heterocycles. The average molecular weight is 486 g/mol. The molecule has 0 aliphatic rings. The summed E-state index contributed by atoms with van der Waals surface area (Å²) in [6.45, 7) is -0.254. The molecule has 0 bridgehead atoms. The van der Waals surface area contributed by atoms with Crippen LogP contribution in [0.5, 0.6) is 11.5 Å². The zero-order valence-electron chi connectivity index (χ0n) is 17.8. The molecule has 0 unspecified atom stereocenters. The predicted molar refractivity (Wildman–Crippen MR) is 126 cm³/mol. The number of rotatable bonds is 8. The van der Waals surface area contributed by atoms with Crippen molar-refractivity contribution >= 4 is 40.6 Å². The highest BCUT2D eigenvalue weighted by atomic mass is 35.5. The summed E-state index contributed by atoms with van der Waals surface area (Å²) in [5.41, 5.74) is 1.53. The first-order valence-electron chi connectivity index (χ1n) is 9.82. The van der Waals surface area contributed by atoms with Crippen LogP contribution in [0.3, 0.4) is 0 Å². The second kappa shape index (κ2) is 9.97. The maximum atomic E-state index is 12.8. The first kappa shape index (κ1) is 22.7. The van der Waals surface area contributed by atoms with Crippen molar-refractivity contribution < 1.29 is 14.3 Å². The normalized spacial score (nSPS) is 10.9. The van der Waals surface area contributed by atoms with Gasteiger partial charge in [-0.25, -0.2) is 18.9 Å². The van der Waals surface area contributed by atoms with E-state index in [2.05, 4.69) is 15.4 Å². The lowest BCUT2D eigenvalue weighted by Crippen LogP contribution is -2.28. The first-order valence-corrected chi connectivity index (χ1v) is 11.2. The zero-order chi connectivity index (χ0) is 23.4. The minimum atomic E-state index is -0.428. The van der Waals surface area contributed by atoms with Crippen molar-refractivity contribution in [3.8, 4) is 11.5 Å². The highest BCUT2D eigenvalue weighted by molar-refractivity contribution is 7.98. The number of carbonyl (C=O) groups is 1. The summed E-state index contributed by atoms with van der Waals surface area (Å²) in [5.74, 6) is 1.25. The van der Waals surface area contributed by atoms with Gasteiger partial charge in [-0.1, -0.05) is 35.5 Å². The van der Waals surface area contributed by atoms with E-state index in [9.17, 15) is 9.59 Å². The van der Waals surface area contributed by atoms with Gasteiger partial charge in [-0.3, -0.25) is 4.79 Å². The topological polar surface area (TPSA) is 99.7 Å². The van der Waals surface area contributed by atoms with Crippen molar-refractivity contribution in [1.29, 1.82) is 0 Å². The van der Waals surface area contributed by atoms with E-state index in [1.165, 1.54) is 42.8 Å². The van der Waals surface area contributed by atoms with E-state index in [0.717, 1.165) is 10.2 Å². The number of thioether (sulfide) groups is 1. The molecule has 11 heteroatoms. The number of nitrogens with one attached hydrogen (secondary N) is 1. The molecule has 1 N–H and O–H groups in total. The molecule has 0 saturated carbocycles. The van der Waals surface area contributed by atoms with Gasteiger partial charge in [-0.2, -0.15) is 0 Å². The summed E-state index contributed by atoms with van der Waals surface area (Å²) in [6, 6.07) is 12.5. The number of hydrogen-bond acceptors (Lipinski definition) is 7. The van der Waals surface area contributed by atoms with Gasteiger partial charge in [-0.15, -0.1) is 5.10 Å². The summed E-state index contributed by atoms with van der Waals surface area (Å²) in [6.07, 6.45) is 3.06. The molecule has 4 aromatic rings. The van der Waals surface area contributed by atoms with Crippen LogP contribution in [-0.4, -0.2) is 39.3 Å². The summed E-state index contributed by atoms with van der Waals surface area (Å²) in [4.78, 5) is 29.7. The number of anilines is 1. The summed E-state index contributed by atoms with van der Waals surface area (Å²) < 4.78 is 12.9. The van der Waals surface area contributed by atoms with E-state index in [1.807, 2.05) is 24.3 Å². The fourth-order valence-electron chi connectivity index (χ4n) is 3.11. The number of hydrogen-bond donors (Lipinski definition) is 1. The number of methoxy groups -OCH3 is 2. The molecule has 2 heterocycles. The first-order chi connectivity index (χ1) is 16.0. The Morgan fingerprint density at radius 3 is 2.61 bits per heavy atom. The average Bonchev–Trinajstić information content (AvgIpc) is 3.14. The minimum Gasteiger partial charge on any atom is -0.493 e. The molecule has 0 fully saturated rings. The number of nitrogens with zero attached hydrogens (tertiary/aromatic N) is 4. The Balaban J connectivity index is 1.50. The Bertz CT molecular complexity index is 1350. The summed E-state index contributed by atoms with van der Waals surface area (Å²) in [7, 11) is 3.04. The van der Waals surface area contributed by atoms with Gasteiger partial charge in [0.1, 0.15) is 11.6 Å².